The molecule has 0 spiro atoms. The standard InChI is InChI=1S/C16H17F3N2O/c1-9(16(17,18)19)10-3-4-12-13(5-10)15(22)20-6-11-7-21(2)8-14(11)12/h3-5,11,14H,1,6-8H2,2H3,(H,20,22)/t11-,14-/m1/s1. The second-order valence-corrected chi connectivity index (χ2v) is 6.08. The Kier molecular flexibility index (Phi) is 3.51. The van der Waals surface area contributed by atoms with Crippen LogP contribution in [-0.2, 0) is 0 Å². The maximum Gasteiger partial charge on any atom is 0.416 e. The largest absolute Gasteiger partial charge is 0.416 e. The molecule has 22 heavy (non-hydrogen) atoms. The van der Waals surface area contributed by atoms with Gasteiger partial charge in [0.15, 0.2) is 0 Å². The molecule has 2 heterocycles. The van der Waals surface area contributed by atoms with Gasteiger partial charge in [0.1, 0.15) is 0 Å². The predicted octanol–water partition coefficient (Wildman–Crippen LogP) is 2.65. The Morgan fingerprint density at radius 1 is 1.36 bits per heavy atom. The lowest BCUT2D eigenvalue weighted by atomic mass is 9.86. The van der Waals surface area contributed by atoms with Crippen molar-refractivity contribution in [2.24, 2.45) is 5.92 Å². The molecule has 0 unspecified atom stereocenters. The van der Waals surface area contributed by atoms with Crippen LogP contribution in [0.25, 0.3) is 5.57 Å². The monoisotopic (exact) mass is 310 g/mol. The minimum atomic E-state index is -4.49. The third-order valence-corrected chi connectivity index (χ3v) is 4.54. The number of nitrogens with zero attached hydrogens (tertiary/aromatic N) is 1. The highest BCUT2D eigenvalue weighted by atomic mass is 19.4. The molecule has 1 fully saturated rings. The molecular formula is C16H17F3N2O. The molecule has 1 N–H and O–H groups in total. The molecule has 1 aromatic carbocycles. The fraction of sp³-hybridized carbons (Fsp3) is 0.438. The number of fused-ring (bicyclic) bond motifs is 3. The van der Waals surface area contributed by atoms with E-state index in [2.05, 4.69) is 16.8 Å². The van der Waals surface area contributed by atoms with Crippen LogP contribution in [0.2, 0.25) is 0 Å². The number of carbonyl (C=O) groups excluding carboxylic acids is 1. The summed E-state index contributed by atoms with van der Waals surface area (Å²) < 4.78 is 38.4. The number of halogens is 3. The summed E-state index contributed by atoms with van der Waals surface area (Å²) in [5.41, 5.74) is 0.201. The Morgan fingerprint density at radius 2 is 2.09 bits per heavy atom. The van der Waals surface area contributed by atoms with Gasteiger partial charge >= 0.3 is 6.18 Å². The van der Waals surface area contributed by atoms with E-state index in [9.17, 15) is 18.0 Å². The summed E-state index contributed by atoms with van der Waals surface area (Å²) in [7, 11) is 2.01. The molecule has 2 aliphatic rings. The van der Waals surface area contributed by atoms with Crippen LogP contribution >= 0.6 is 0 Å². The highest BCUT2D eigenvalue weighted by Gasteiger charge is 2.38. The van der Waals surface area contributed by atoms with Crippen molar-refractivity contribution in [1.82, 2.24) is 10.2 Å². The lowest BCUT2D eigenvalue weighted by Gasteiger charge is -2.18. The fourth-order valence-corrected chi connectivity index (χ4v) is 3.39. The second-order valence-electron chi connectivity index (χ2n) is 6.08. The average Bonchev–Trinajstić information content (AvgIpc) is 2.77. The SMILES string of the molecule is C=C(c1ccc2c(c1)C(=O)NC[C@@H]1CN(C)C[C@@H]21)C(F)(F)F. The molecule has 2 aliphatic heterocycles. The lowest BCUT2D eigenvalue weighted by molar-refractivity contribution is -0.0686. The van der Waals surface area contributed by atoms with Gasteiger partial charge < -0.3 is 10.2 Å². The van der Waals surface area contributed by atoms with Crippen molar-refractivity contribution in [3.63, 3.8) is 0 Å². The normalized spacial score (nSPS) is 25.2. The molecular weight excluding hydrogens is 293 g/mol. The van der Waals surface area contributed by atoms with E-state index in [1.165, 1.54) is 12.1 Å². The Morgan fingerprint density at radius 3 is 2.77 bits per heavy atom. The van der Waals surface area contributed by atoms with E-state index in [0.717, 1.165) is 18.7 Å². The van der Waals surface area contributed by atoms with Gasteiger partial charge in [0.05, 0.1) is 5.57 Å². The molecule has 0 saturated carbocycles. The summed E-state index contributed by atoms with van der Waals surface area (Å²) in [6.07, 6.45) is -4.49. The van der Waals surface area contributed by atoms with E-state index in [0.29, 0.717) is 18.0 Å². The number of likely N-dealkylation sites (tertiary alicyclic amines) is 1. The van der Waals surface area contributed by atoms with Crippen LogP contribution < -0.4 is 5.32 Å². The van der Waals surface area contributed by atoms with Gasteiger partial charge in [-0.25, -0.2) is 0 Å². The molecule has 0 aromatic heterocycles. The Bertz CT molecular complexity index is 639. The molecule has 0 aliphatic carbocycles. The topological polar surface area (TPSA) is 32.3 Å². The van der Waals surface area contributed by atoms with E-state index in [1.54, 1.807) is 6.07 Å². The quantitative estimate of drug-likeness (QED) is 0.865. The van der Waals surface area contributed by atoms with Crippen molar-refractivity contribution in [2.75, 3.05) is 26.7 Å². The van der Waals surface area contributed by atoms with Crippen LogP contribution in [0, 0.1) is 5.92 Å². The number of hydrogen-bond donors (Lipinski definition) is 1. The average molecular weight is 310 g/mol. The predicted molar refractivity (Wildman–Crippen MR) is 77.6 cm³/mol. The smallest absolute Gasteiger partial charge is 0.352 e. The summed E-state index contributed by atoms with van der Waals surface area (Å²) in [6, 6.07) is 4.40. The van der Waals surface area contributed by atoms with E-state index in [-0.39, 0.29) is 17.4 Å². The zero-order valence-electron chi connectivity index (χ0n) is 12.2. The molecule has 3 rings (SSSR count). The zero-order chi connectivity index (χ0) is 16.1. The first-order valence-corrected chi connectivity index (χ1v) is 7.14. The summed E-state index contributed by atoms with van der Waals surface area (Å²) in [5.74, 6) is 0.169. The molecule has 6 heteroatoms. The number of hydrogen-bond acceptors (Lipinski definition) is 2. The van der Waals surface area contributed by atoms with Crippen LogP contribution in [0.15, 0.2) is 24.8 Å². The number of likely N-dealkylation sites (N-methyl/N-ethyl adjacent to an activating group) is 1. The van der Waals surface area contributed by atoms with Crippen LogP contribution in [0.1, 0.15) is 27.4 Å². The number of nitrogens with one attached hydrogen (secondary N) is 1. The van der Waals surface area contributed by atoms with Crippen LogP contribution in [0.5, 0.6) is 0 Å². The van der Waals surface area contributed by atoms with Gasteiger partial charge in [-0.2, -0.15) is 13.2 Å². The van der Waals surface area contributed by atoms with Gasteiger partial charge in [-0.15, -0.1) is 0 Å². The van der Waals surface area contributed by atoms with Crippen molar-refractivity contribution in [2.45, 2.75) is 12.1 Å². The van der Waals surface area contributed by atoms with Gasteiger partial charge in [0.25, 0.3) is 5.91 Å². The number of rotatable bonds is 1. The first-order valence-electron chi connectivity index (χ1n) is 7.14. The summed E-state index contributed by atoms with van der Waals surface area (Å²) in [5, 5.41) is 2.82. The molecule has 0 radical (unpaired) electrons. The molecule has 1 amide bonds. The minimum Gasteiger partial charge on any atom is -0.352 e. The number of amides is 1. The molecule has 3 nitrogen and oxygen atoms in total. The fourth-order valence-electron chi connectivity index (χ4n) is 3.39. The van der Waals surface area contributed by atoms with Crippen LogP contribution in [0.4, 0.5) is 13.2 Å². The number of alkyl halides is 3. The molecule has 118 valence electrons. The van der Waals surface area contributed by atoms with Gasteiger partial charge in [0.2, 0.25) is 0 Å². The maximum atomic E-state index is 12.8. The van der Waals surface area contributed by atoms with E-state index in [1.807, 2.05) is 7.05 Å². The van der Waals surface area contributed by atoms with E-state index < -0.39 is 11.7 Å². The first-order chi connectivity index (χ1) is 10.3. The Balaban J connectivity index is 2.04. The van der Waals surface area contributed by atoms with Gasteiger partial charge in [-0.3, -0.25) is 4.79 Å². The first kappa shape index (κ1) is 15.1. The molecule has 2 atom stereocenters. The van der Waals surface area contributed by atoms with Crippen molar-refractivity contribution >= 4 is 11.5 Å². The molecule has 1 saturated heterocycles. The van der Waals surface area contributed by atoms with Crippen LogP contribution in [-0.4, -0.2) is 43.7 Å². The van der Waals surface area contributed by atoms with Crippen LogP contribution in [0.3, 0.4) is 0 Å². The van der Waals surface area contributed by atoms with E-state index >= 15 is 0 Å². The second kappa shape index (κ2) is 5.12. The number of benzene rings is 1. The third kappa shape index (κ3) is 2.52. The van der Waals surface area contributed by atoms with Crippen molar-refractivity contribution in [3.05, 3.63) is 41.5 Å². The molecule has 1 aromatic rings. The molecule has 0 bridgehead atoms. The van der Waals surface area contributed by atoms with Crippen molar-refractivity contribution in [1.29, 1.82) is 0 Å². The Hall–Kier alpha value is -1.82. The van der Waals surface area contributed by atoms with Gasteiger partial charge in [-0.1, -0.05) is 18.7 Å². The minimum absolute atomic E-state index is 0.0498. The summed E-state index contributed by atoms with van der Waals surface area (Å²) in [4.78, 5) is 14.4. The lowest BCUT2D eigenvalue weighted by Crippen LogP contribution is -2.29. The highest BCUT2D eigenvalue weighted by Crippen LogP contribution is 2.38. The maximum absolute atomic E-state index is 12.8. The Labute approximate surface area is 126 Å². The van der Waals surface area contributed by atoms with Gasteiger partial charge in [0, 0.05) is 31.1 Å². The third-order valence-electron chi connectivity index (χ3n) is 4.54. The summed E-state index contributed by atoms with van der Waals surface area (Å²) in [6.45, 7) is 5.35. The highest BCUT2D eigenvalue weighted by molar-refractivity contribution is 5.97. The summed E-state index contributed by atoms with van der Waals surface area (Å²) >= 11 is 0. The number of allylic oxidation sites excluding steroid dienone is 1. The number of carbonyl (C=O) groups is 1. The van der Waals surface area contributed by atoms with Gasteiger partial charge in [-0.05, 0) is 30.2 Å². The van der Waals surface area contributed by atoms with E-state index in [4.69, 9.17) is 0 Å². The van der Waals surface area contributed by atoms with Crippen molar-refractivity contribution < 1.29 is 18.0 Å². The zero-order valence-corrected chi connectivity index (χ0v) is 12.2. The van der Waals surface area contributed by atoms with Crippen molar-refractivity contribution in [3.8, 4) is 0 Å².